The molecule has 2 aromatic carbocycles. The van der Waals surface area contributed by atoms with Crippen LogP contribution in [0.2, 0.25) is 5.02 Å². The first-order valence-corrected chi connectivity index (χ1v) is 6.44. The predicted molar refractivity (Wildman–Crippen MR) is 81.2 cm³/mol. The Morgan fingerprint density at radius 2 is 1.95 bits per heavy atom. The number of carbonyl (C=O) groups is 1. The Morgan fingerprint density at radius 1 is 1.25 bits per heavy atom. The zero-order valence-electron chi connectivity index (χ0n) is 11.0. The summed E-state index contributed by atoms with van der Waals surface area (Å²) in [5, 5.41) is 3.21. The standard InChI is InChI=1S/C15H15ClN2O2/c1-20-12-5-2-10(3-6-12)8-15(19)18-14-9-11(17)4-7-13(14)16/h2-7,9H,8,17H2,1H3,(H,18,19). The normalized spacial score (nSPS) is 10.1. The van der Waals surface area contributed by atoms with Crippen LogP contribution in [0.4, 0.5) is 11.4 Å². The van der Waals surface area contributed by atoms with Gasteiger partial charge in [0.15, 0.2) is 0 Å². The number of carbonyl (C=O) groups excluding carboxylic acids is 1. The number of hydrogen-bond donors (Lipinski definition) is 2. The molecule has 104 valence electrons. The quantitative estimate of drug-likeness (QED) is 0.850. The van der Waals surface area contributed by atoms with Crippen molar-refractivity contribution in [1.82, 2.24) is 0 Å². The first kappa shape index (κ1) is 14.2. The predicted octanol–water partition coefficient (Wildman–Crippen LogP) is 3.11. The Labute approximate surface area is 122 Å². The van der Waals surface area contributed by atoms with Crippen LogP contribution in [0.15, 0.2) is 42.5 Å². The monoisotopic (exact) mass is 290 g/mol. The van der Waals surface area contributed by atoms with Gasteiger partial charge in [-0.1, -0.05) is 23.7 Å². The molecule has 0 aliphatic rings. The van der Waals surface area contributed by atoms with E-state index in [4.69, 9.17) is 22.1 Å². The number of hydrogen-bond acceptors (Lipinski definition) is 3. The fourth-order valence-corrected chi connectivity index (χ4v) is 1.93. The van der Waals surface area contributed by atoms with Crippen LogP contribution in [0.3, 0.4) is 0 Å². The Morgan fingerprint density at radius 3 is 2.60 bits per heavy atom. The highest BCUT2D eigenvalue weighted by atomic mass is 35.5. The lowest BCUT2D eigenvalue weighted by Crippen LogP contribution is -2.14. The molecule has 2 rings (SSSR count). The molecule has 0 radical (unpaired) electrons. The van der Waals surface area contributed by atoms with Gasteiger partial charge in [-0.25, -0.2) is 0 Å². The maximum atomic E-state index is 12.0. The van der Waals surface area contributed by atoms with Crippen molar-refractivity contribution in [2.75, 3.05) is 18.2 Å². The van der Waals surface area contributed by atoms with E-state index in [0.29, 0.717) is 16.4 Å². The average Bonchev–Trinajstić information content (AvgIpc) is 2.43. The molecule has 0 heterocycles. The second-order valence-electron chi connectivity index (χ2n) is 4.31. The molecule has 1 amide bonds. The number of anilines is 2. The van der Waals surface area contributed by atoms with E-state index in [2.05, 4.69) is 5.32 Å². The van der Waals surface area contributed by atoms with E-state index in [1.165, 1.54) is 0 Å². The number of ether oxygens (including phenoxy) is 1. The molecule has 0 aliphatic carbocycles. The summed E-state index contributed by atoms with van der Waals surface area (Å²) in [4.78, 5) is 12.0. The molecule has 2 aromatic rings. The minimum atomic E-state index is -0.150. The first-order chi connectivity index (χ1) is 9.58. The topological polar surface area (TPSA) is 64.3 Å². The highest BCUT2D eigenvalue weighted by Gasteiger charge is 2.07. The van der Waals surface area contributed by atoms with Gasteiger partial charge in [0, 0.05) is 5.69 Å². The summed E-state index contributed by atoms with van der Waals surface area (Å²) in [7, 11) is 1.60. The van der Waals surface area contributed by atoms with Gasteiger partial charge in [0.05, 0.1) is 24.2 Å². The van der Waals surface area contributed by atoms with Gasteiger partial charge in [0.25, 0.3) is 0 Å². The molecular formula is C15H15ClN2O2. The molecule has 0 spiro atoms. The van der Waals surface area contributed by atoms with Gasteiger partial charge in [-0.15, -0.1) is 0 Å². The molecule has 0 aliphatic heterocycles. The Hall–Kier alpha value is -2.20. The van der Waals surface area contributed by atoms with Crippen LogP contribution < -0.4 is 15.8 Å². The molecule has 3 N–H and O–H groups in total. The number of benzene rings is 2. The molecule has 20 heavy (non-hydrogen) atoms. The Kier molecular flexibility index (Phi) is 4.48. The van der Waals surface area contributed by atoms with E-state index < -0.39 is 0 Å². The van der Waals surface area contributed by atoms with Gasteiger partial charge in [-0.2, -0.15) is 0 Å². The van der Waals surface area contributed by atoms with E-state index in [1.807, 2.05) is 24.3 Å². The zero-order valence-corrected chi connectivity index (χ0v) is 11.8. The average molecular weight is 291 g/mol. The van der Waals surface area contributed by atoms with Crippen LogP contribution >= 0.6 is 11.6 Å². The molecule has 0 atom stereocenters. The smallest absolute Gasteiger partial charge is 0.228 e. The van der Waals surface area contributed by atoms with Gasteiger partial charge in [0.1, 0.15) is 5.75 Å². The van der Waals surface area contributed by atoms with Crippen molar-refractivity contribution < 1.29 is 9.53 Å². The number of methoxy groups -OCH3 is 1. The number of rotatable bonds is 4. The van der Waals surface area contributed by atoms with E-state index in [1.54, 1.807) is 25.3 Å². The van der Waals surface area contributed by atoms with Crippen LogP contribution in [0, 0.1) is 0 Å². The zero-order chi connectivity index (χ0) is 14.5. The molecule has 5 heteroatoms. The minimum absolute atomic E-state index is 0.150. The van der Waals surface area contributed by atoms with Crippen molar-refractivity contribution in [2.45, 2.75) is 6.42 Å². The molecule has 0 saturated carbocycles. The first-order valence-electron chi connectivity index (χ1n) is 6.06. The van der Waals surface area contributed by atoms with E-state index in [9.17, 15) is 4.79 Å². The summed E-state index contributed by atoms with van der Waals surface area (Å²) in [5.41, 5.74) is 7.62. The summed E-state index contributed by atoms with van der Waals surface area (Å²) in [5.74, 6) is 0.607. The van der Waals surface area contributed by atoms with Gasteiger partial charge < -0.3 is 15.8 Å². The molecule has 0 saturated heterocycles. The fraction of sp³-hybridized carbons (Fsp3) is 0.133. The lowest BCUT2D eigenvalue weighted by atomic mass is 10.1. The molecule has 0 fully saturated rings. The molecule has 0 unspecified atom stereocenters. The largest absolute Gasteiger partial charge is 0.497 e. The number of nitrogens with two attached hydrogens (primary N) is 1. The van der Waals surface area contributed by atoms with Crippen molar-refractivity contribution in [3.63, 3.8) is 0 Å². The van der Waals surface area contributed by atoms with Crippen molar-refractivity contribution in [3.05, 3.63) is 53.1 Å². The number of nitrogens with one attached hydrogen (secondary N) is 1. The van der Waals surface area contributed by atoms with Crippen LogP contribution in [-0.2, 0) is 11.2 Å². The second kappa shape index (κ2) is 6.30. The van der Waals surface area contributed by atoms with Gasteiger partial charge in [0.2, 0.25) is 5.91 Å². The third kappa shape index (κ3) is 3.65. The van der Waals surface area contributed by atoms with Crippen LogP contribution in [0.5, 0.6) is 5.75 Å². The van der Waals surface area contributed by atoms with Crippen LogP contribution in [-0.4, -0.2) is 13.0 Å². The summed E-state index contributed by atoms with van der Waals surface area (Å²) in [6, 6.07) is 12.3. The van der Waals surface area contributed by atoms with Crippen molar-refractivity contribution in [1.29, 1.82) is 0 Å². The highest BCUT2D eigenvalue weighted by Crippen LogP contribution is 2.24. The SMILES string of the molecule is COc1ccc(CC(=O)Nc2cc(N)ccc2Cl)cc1. The van der Waals surface area contributed by atoms with E-state index >= 15 is 0 Å². The lowest BCUT2D eigenvalue weighted by molar-refractivity contribution is -0.115. The summed E-state index contributed by atoms with van der Waals surface area (Å²) in [6.07, 6.45) is 0.259. The third-order valence-electron chi connectivity index (χ3n) is 2.79. The second-order valence-corrected chi connectivity index (χ2v) is 4.72. The number of amides is 1. The molecule has 4 nitrogen and oxygen atoms in total. The van der Waals surface area contributed by atoms with Crippen molar-refractivity contribution in [2.24, 2.45) is 0 Å². The maximum Gasteiger partial charge on any atom is 0.228 e. The summed E-state index contributed by atoms with van der Waals surface area (Å²) in [6.45, 7) is 0. The van der Waals surface area contributed by atoms with Crippen LogP contribution in [0.25, 0.3) is 0 Å². The van der Waals surface area contributed by atoms with E-state index in [0.717, 1.165) is 11.3 Å². The molecular weight excluding hydrogens is 276 g/mol. The summed E-state index contributed by atoms with van der Waals surface area (Å²) < 4.78 is 5.07. The molecule has 0 aromatic heterocycles. The minimum Gasteiger partial charge on any atom is -0.497 e. The highest BCUT2D eigenvalue weighted by molar-refractivity contribution is 6.33. The Balaban J connectivity index is 2.03. The van der Waals surface area contributed by atoms with Crippen molar-refractivity contribution in [3.8, 4) is 5.75 Å². The number of nitrogen functional groups attached to an aromatic ring is 1. The van der Waals surface area contributed by atoms with E-state index in [-0.39, 0.29) is 12.3 Å². The Bertz CT molecular complexity index is 612. The number of halogens is 1. The van der Waals surface area contributed by atoms with Gasteiger partial charge in [-0.05, 0) is 35.9 Å². The van der Waals surface area contributed by atoms with Crippen LogP contribution in [0.1, 0.15) is 5.56 Å². The summed E-state index contributed by atoms with van der Waals surface area (Å²) >= 11 is 6.00. The van der Waals surface area contributed by atoms with Gasteiger partial charge >= 0.3 is 0 Å². The maximum absolute atomic E-state index is 12.0. The van der Waals surface area contributed by atoms with Crippen molar-refractivity contribution >= 4 is 28.9 Å². The fourth-order valence-electron chi connectivity index (χ4n) is 1.76. The third-order valence-corrected chi connectivity index (χ3v) is 3.12. The molecule has 0 bridgehead atoms. The lowest BCUT2D eigenvalue weighted by Gasteiger charge is -2.08. The van der Waals surface area contributed by atoms with Gasteiger partial charge in [-0.3, -0.25) is 4.79 Å².